The molecule has 0 fully saturated rings. The van der Waals surface area contributed by atoms with Gasteiger partial charge in [0.25, 0.3) is 11.8 Å². The van der Waals surface area contributed by atoms with E-state index in [0.717, 1.165) is 11.3 Å². The van der Waals surface area contributed by atoms with Gasteiger partial charge in [-0.2, -0.15) is 0 Å². The van der Waals surface area contributed by atoms with Crippen molar-refractivity contribution in [2.75, 3.05) is 18.0 Å². The Morgan fingerprint density at radius 2 is 1.60 bits per heavy atom. The van der Waals surface area contributed by atoms with Gasteiger partial charge in [0.1, 0.15) is 0 Å². The summed E-state index contributed by atoms with van der Waals surface area (Å²) < 4.78 is 0. The van der Waals surface area contributed by atoms with Gasteiger partial charge in [0, 0.05) is 31.1 Å². The molecule has 2 aromatic rings. The number of hydrogen-bond acceptors (Lipinski definition) is 3. The molecule has 1 atom stereocenters. The Morgan fingerprint density at radius 3 is 2.28 bits per heavy atom. The van der Waals surface area contributed by atoms with Crippen LogP contribution in [0.5, 0.6) is 0 Å². The van der Waals surface area contributed by atoms with E-state index >= 15 is 0 Å². The first-order valence-electron chi connectivity index (χ1n) is 8.42. The molecule has 5 nitrogen and oxygen atoms in total. The summed E-state index contributed by atoms with van der Waals surface area (Å²) in [7, 11) is 0. The minimum absolute atomic E-state index is 0.0617. The van der Waals surface area contributed by atoms with Gasteiger partial charge in [-0.05, 0) is 23.8 Å². The topological polar surface area (TPSA) is 57.7 Å². The predicted octanol–water partition coefficient (Wildman–Crippen LogP) is 2.82. The molecule has 0 radical (unpaired) electrons. The second kappa shape index (κ2) is 5.84. The molecule has 1 unspecified atom stereocenters. The first-order chi connectivity index (χ1) is 12.1. The SMILES string of the molecule is CC1CN(C(=O)CCN2C(=O)c3ccccc3C2=O)c2ccccc21. The highest BCUT2D eigenvalue weighted by molar-refractivity contribution is 6.21. The van der Waals surface area contributed by atoms with E-state index in [-0.39, 0.29) is 30.7 Å². The molecule has 4 rings (SSSR count). The van der Waals surface area contributed by atoms with E-state index in [1.165, 1.54) is 4.90 Å². The molecule has 0 aromatic heterocycles. The van der Waals surface area contributed by atoms with Crippen molar-refractivity contribution in [1.29, 1.82) is 0 Å². The number of nitrogens with zero attached hydrogens (tertiary/aromatic N) is 2. The first kappa shape index (κ1) is 15.6. The fraction of sp³-hybridized carbons (Fsp3) is 0.250. The maximum absolute atomic E-state index is 12.7. The van der Waals surface area contributed by atoms with Crippen LogP contribution in [0.3, 0.4) is 0 Å². The maximum Gasteiger partial charge on any atom is 0.261 e. The summed E-state index contributed by atoms with van der Waals surface area (Å²) in [5.74, 6) is -0.403. The molecule has 3 amide bonds. The molecule has 5 heteroatoms. The zero-order chi connectivity index (χ0) is 17.6. The summed E-state index contributed by atoms with van der Waals surface area (Å²) in [6.07, 6.45) is 0.131. The third-order valence-electron chi connectivity index (χ3n) is 4.94. The number of benzene rings is 2. The monoisotopic (exact) mass is 334 g/mol. The van der Waals surface area contributed by atoms with Gasteiger partial charge in [0.05, 0.1) is 11.1 Å². The normalized spacial score (nSPS) is 18.5. The zero-order valence-corrected chi connectivity index (χ0v) is 13.9. The minimum Gasteiger partial charge on any atom is -0.311 e. The maximum atomic E-state index is 12.7. The van der Waals surface area contributed by atoms with E-state index in [1.807, 2.05) is 24.3 Å². The lowest BCUT2D eigenvalue weighted by Gasteiger charge is -2.19. The van der Waals surface area contributed by atoms with Crippen molar-refractivity contribution in [2.24, 2.45) is 0 Å². The Kier molecular flexibility index (Phi) is 3.64. The molecule has 2 aliphatic rings. The van der Waals surface area contributed by atoms with Crippen LogP contribution in [0.25, 0.3) is 0 Å². The van der Waals surface area contributed by atoms with Crippen LogP contribution in [0.4, 0.5) is 5.69 Å². The molecular weight excluding hydrogens is 316 g/mol. The minimum atomic E-state index is -0.316. The number of carbonyl (C=O) groups excluding carboxylic acids is 3. The largest absolute Gasteiger partial charge is 0.311 e. The lowest BCUT2D eigenvalue weighted by Crippen LogP contribution is -2.36. The predicted molar refractivity (Wildman–Crippen MR) is 93.6 cm³/mol. The molecular formula is C20H18N2O3. The average molecular weight is 334 g/mol. The highest BCUT2D eigenvalue weighted by Gasteiger charge is 2.36. The number of carbonyl (C=O) groups is 3. The zero-order valence-electron chi connectivity index (χ0n) is 13.9. The van der Waals surface area contributed by atoms with Crippen LogP contribution in [-0.2, 0) is 4.79 Å². The summed E-state index contributed by atoms with van der Waals surface area (Å²) in [4.78, 5) is 40.4. The van der Waals surface area contributed by atoms with E-state index in [4.69, 9.17) is 0 Å². The molecule has 2 aromatic carbocycles. The Hall–Kier alpha value is -2.95. The smallest absolute Gasteiger partial charge is 0.261 e. The summed E-state index contributed by atoms with van der Waals surface area (Å²) >= 11 is 0. The molecule has 0 spiro atoms. The molecule has 126 valence electrons. The fourth-order valence-corrected chi connectivity index (χ4v) is 3.64. The van der Waals surface area contributed by atoms with Crippen molar-refractivity contribution in [3.05, 3.63) is 65.2 Å². The van der Waals surface area contributed by atoms with E-state index in [9.17, 15) is 14.4 Å². The average Bonchev–Trinajstić information content (AvgIpc) is 3.10. The van der Waals surface area contributed by atoms with Gasteiger partial charge in [-0.15, -0.1) is 0 Å². The molecule has 0 saturated heterocycles. The molecule has 0 N–H and O–H groups in total. The van der Waals surface area contributed by atoms with Gasteiger partial charge < -0.3 is 4.90 Å². The highest BCUT2D eigenvalue weighted by atomic mass is 16.2. The second-order valence-corrected chi connectivity index (χ2v) is 6.52. The molecule has 0 bridgehead atoms. The van der Waals surface area contributed by atoms with Crippen molar-refractivity contribution in [3.63, 3.8) is 0 Å². The number of para-hydroxylation sites is 1. The summed E-state index contributed by atoms with van der Waals surface area (Å²) in [6, 6.07) is 14.6. The van der Waals surface area contributed by atoms with Gasteiger partial charge >= 0.3 is 0 Å². The lowest BCUT2D eigenvalue weighted by atomic mass is 10.0. The molecule has 0 saturated carbocycles. The van der Waals surface area contributed by atoms with E-state index in [1.54, 1.807) is 29.2 Å². The van der Waals surface area contributed by atoms with Crippen LogP contribution < -0.4 is 4.90 Å². The van der Waals surface area contributed by atoms with E-state index in [0.29, 0.717) is 23.6 Å². The number of imide groups is 1. The standard InChI is InChI=1S/C20H18N2O3/c1-13-12-22(17-9-5-4-6-14(13)17)18(23)10-11-21-19(24)15-7-2-3-8-16(15)20(21)25/h2-9,13H,10-12H2,1H3. The van der Waals surface area contributed by atoms with Crippen molar-refractivity contribution in [2.45, 2.75) is 19.3 Å². The number of amides is 3. The van der Waals surface area contributed by atoms with Crippen LogP contribution in [0.1, 0.15) is 45.5 Å². The van der Waals surface area contributed by atoms with Crippen LogP contribution in [0.15, 0.2) is 48.5 Å². The highest BCUT2D eigenvalue weighted by Crippen LogP contribution is 2.36. The Labute approximate surface area is 145 Å². The van der Waals surface area contributed by atoms with Crippen LogP contribution in [0, 0.1) is 0 Å². The van der Waals surface area contributed by atoms with Gasteiger partial charge in [0.2, 0.25) is 5.91 Å². The number of anilines is 1. The molecule has 25 heavy (non-hydrogen) atoms. The number of fused-ring (bicyclic) bond motifs is 2. The molecule has 0 aliphatic carbocycles. The van der Waals surface area contributed by atoms with Crippen LogP contribution in [0.2, 0.25) is 0 Å². The van der Waals surface area contributed by atoms with Gasteiger partial charge in [-0.3, -0.25) is 19.3 Å². The second-order valence-electron chi connectivity index (χ2n) is 6.52. The number of hydrogen-bond donors (Lipinski definition) is 0. The van der Waals surface area contributed by atoms with Crippen molar-refractivity contribution in [3.8, 4) is 0 Å². The van der Waals surface area contributed by atoms with E-state index in [2.05, 4.69) is 6.92 Å². The summed E-state index contributed by atoms with van der Waals surface area (Å²) in [6.45, 7) is 2.84. The van der Waals surface area contributed by atoms with Crippen molar-refractivity contribution >= 4 is 23.4 Å². The summed E-state index contributed by atoms with van der Waals surface area (Å²) in [5.41, 5.74) is 2.93. The van der Waals surface area contributed by atoms with Gasteiger partial charge in [0.15, 0.2) is 0 Å². The Morgan fingerprint density at radius 1 is 1.00 bits per heavy atom. The Balaban J connectivity index is 1.47. The molecule has 2 aliphatic heterocycles. The van der Waals surface area contributed by atoms with Crippen LogP contribution in [-0.4, -0.2) is 35.7 Å². The third-order valence-corrected chi connectivity index (χ3v) is 4.94. The molecule has 2 heterocycles. The lowest BCUT2D eigenvalue weighted by molar-refractivity contribution is -0.118. The third kappa shape index (κ3) is 2.43. The van der Waals surface area contributed by atoms with Crippen molar-refractivity contribution in [1.82, 2.24) is 4.90 Å². The van der Waals surface area contributed by atoms with Gasteiger partial charge in [-0.1, -0.05) is 37.3 Å². The van der Waals surface area contributed by atoms with Crippen LogP contribution >= 0.6 is 0 Å². The Bertz CT molecular complexity index is 855. The van der Waals surface area contributed by atoms with Gasteiger partial charge in [-0.25, -0.2) is 0 Å². The summed E-state index contributed by atoms with van der Waals surface area (Å²) in [5, 5.41) is 0. The fourth-order valence-electron chi connectivity index (χ4n) is 3.64. The number of rotatable bonds is 3. The van der Waals surface area contributed by atoms with Crippen molar-refractivity contribution < 1.29 is 14.4 Å². The first-order valence-corrected chi connectivity index (χ1v) is 8.42. The quantitative estimate of drug-likeness (QED) is 0.811. The van der Waals surface area contributed by atoms with E-state index < -0.39 is 0 Å².